The average Bonchev–Trinajstić information content (AvgIpc) is 2.89. The normalized spacial score (nSPS) is 17.4. The smallest absolute Gasteiger partial charge is 0.237 e. The maximum Gasteiger partial charge on any atom is 0.237 e. The van der Waals surface area contributed by atoms with Crippen molar-refractivity contribution >= 4 is 38.6 Å². The summed E-state index contributed by atoms with van der Waals surface area (Å²) in [7, 11) is -3.24. The quantitative estimate of drug-likeness (QED) is 0.825. The predicted octanol–water partition coefficient (Wildman–Crippen LogP) is 1.88. The van der Waals surface area contributed by atoms with Gasteiger partial charge in [0.1, 0.15) is 0 Å². The van der Waals surface area contributed by atoms with Crippen LogP contribution in [0, 0.1) is 5.41 Å². The SMILES string of the molecule is CS(=O)(=O)c1ccc(NC(=O)C2(C(N)=S)CCCC2)cc1. The minimum atomic E-state index is -3.24. The molecule has 0 unspecified atom stereocenters. The number of rotatable bonds is 4. The van der Waals surface area contributed by atoms with Gasteiger partial charge in [-0.2, -0.15) is 0 Å². The molecule has 0 spiro atoms. The van der Waals surface area contributed by atoms with Crippen molar-refractivity contribution in [2.24, 2.45) is 11.1 Å². The van der Waals surface area contributed by atoms with Gasteiger partial charge in [0.2, 0.25) is 5.91 Å². The molecule has 0 aliphatic heterocycles. The van der Waals surface area contributed by atoms with Crippen LogP contribution >= 0.6 is 12.2 Å². The first kappa shape index (κ1) is 15.9. The van der Waals surface area contributed by atoms with Gasteiger partial charge in [-0.25, -0.2) is 8.42 Å². The molecule has 0 radical (unpaired) electrons. The van der Waals surface area contributed by atoms with Crippen LogP contribution in [0.3, 0.4) is 0 Å². The number of amides is 1. The van der Waals surface area contributed by atoms with E-state index in [1.54, 1.807) is 12.1 Å². The van der Waals surface area contributed by atoms with E-state index in [1.165, 1.54) is 12.1 Å². The van der Waals surface area contributed by atoms with Crippen LogP contribution in [0.5, 0.6) is 0 Å². The van der Waals surface area contributed by atoms with E-state index in [-0.39, 0.29) is 15.8 Å². The Hall–Kier alpha value is -1.47. The van der Waals surface area contributed by atoms with Crippen LogP contribution in [0.1, 0.15) is 25.7 Å². The number of carbonyl (C=O) groups excluding carboxylic acids is 1. The first-order valence-corrected chi connectivity index (χ1v) is 8.97. The maximum absolute atomic E-state index is 12.5. The molecule has 1 saturated carbocycles. The number of anilines is 1. The molecule has 3 N–H and O–H groups in total. The first-order valence-electron chi connectivity index (χ1n) is 6.67. The van der Waals surface area contributed by atoms with E-state index in [2.05, 4.69) is 5.32 Å². The van der Waals surface area contributed by atoms with Crippen LogP contribution in [0.25, 0.3) is 0 Å². The molecule has 1 amide bonds. The monoisotopic (exact) mass is 326 g/mol. The minimum absolute atomic E-state index is 0.209. The Bertz CT molecular complexity index is 660. The number of thiocarbonyl (C=S) groups is 1. The molecule has 0 saturated heterocycles. The van der Waals surface area contributed by atoms with Crippen LogP contribution in [-0.4, -0.2) is 25.6 Å². The van der Waals surface area contributed by atoms with Crippen molar-refractivity contribution in [3.63, 3.8) is 0 Å². The van der Waals surface area contributed by atoms with E-state index in [9.17, 15) is 13.2 Å². The molecule has 0 heterocycles. The zero-order valence-electron chi connectivity index (χ0n) is 11.8. The van der Waals surface area contributed by atoms with Crippen LogP contribution in [-0.2, 0) is 14.6 Å². The average molecular weight is 326 g/mol. The molecule has 1 aliphatic carbocycles. The lowest BCUT2D eigenvalue weighted by Gasteiger charge is -2.26. The second-order valence-electron chi connectivity index (χ2n) is 5.40. The van der Waals surface area contributed by atoms with Gasteiger partial charge in [-0.3, -0.25) is 4.79 Å². The number of nitrogens with one attached hydrogen (secondary N) is 1. The third-order valence-corrected chi connectivity index (χ3v) is 5.42. The number of hydrogen-bond acceptors (Lipinski definition) is 4. The molecule has 1 aromatic carbocycles. The van der Waals surface area contributed by atoms with Crippen LogP contribution in [0.4, 0.5) is 5.69 Å². The van der Waals surface area contributed by atoms with Crippen molar-refractivity contribution < 1.29 is 13.2 Å². The fourth-order valence-electron chi connectivity index (χ4n) is 2.60. The molecular formula is C14H18N2O3S2. The standard InChI is InChI=1S/C14H18N2O3S2/c1-21(18,19)11-6-4-10(5-7-11)16-13(17)14(12(15)20)8-2-3-9-14/h4-7H,2-3,8-9H2,1H3,(H2,15,20)(H,16,17). The number of sulfone groups is 1. The Morgan fingerprint density at radius 2 is 1.76 bits per heavy atom. The van der Waals surface area contributed by atoms with Crippen molar-refractivity contribution in [2.45, 2.75) is 30.6 Å². The predicted molar refractivity (Wildman–Crippen MR) is 85.9 cm³/mol. The van der Waals surface area contributed by atoms with E-state index in [0.717, 1.165) is 19.1 Å². The Morgan fingerprint density at radius 1 is 1.24 bits per heavy atom. The van der Waals surface area contributed by atoms with Crippen molar-refractivity contribution in [2.75, 3.05) is 11.6 Å². The fourth-order valence-corrected chi connectivity index (χ4v) is 3.53. The lowest BCUT2D eigenvalue weighted by atomic mass is 9.85. The Labute approximate surface area is 129 Å². The van der Waals surface area contributed by atoms with Crippen molar-refractivity contribution in [3.8, 4) is 0 Å². The molecule has 0 aromatic heterocycles. The molecule has 1 aliphatic rings. The molecule has 0 bridgehead atoms. The number of benzene rings is 1. The van der Waals surface area contributed by atoms with Crippen molar-refractivity contribution in [3.05, 3.63) is 24.3 Å². The molecule has 2 rings (SSSR count). The molecule has 0 atom stereocenters. The zero-order valence-corrected chi connectivity index (χ0v) is 13.4. The molecule has 114 valence electrons. The van der Waals surface area contributed by atoms with E-state index in [4.69, 9.17) is 18.0 Å². The minimum Gasteiger partial charge on any atom is -0.392 e. The number of carbonyl (C=O) groups is 1. The Morgan fingerprint density at radius 3 is 2.19 bits per heavy atom. The lowest BCUT2D eigenvalue weighted by molar-refractivity contribution is -0.122. The largest absolute Gasteiger partial charge is 0.392 e. The summed E-state index contributed by atoms with van der Waals surface area (Å²) in [6.45, 7) is 0. The summed E-state index contributed by atoms with van der Waals surface area (Å²) >= 11 is 5.07. The van der Waals surface area contributed by atoms with Gasteiger partial charge in [0, 0.05) is 11.9 Å². The summed E-state index contributed by atoms with van der Waals surface area (Å²) in [5.74, 6) is -0.209. The van der Waals surface area contributed by atoms with Crippen LogP contribution in [0.2, 0.25) is 0 Å². The summed E-state index contributed by atoms with van der Waals surface area (Å²) < 4.78 is 22.8. The zero-order chi connectivity index (χ0) is 15.7. The van der Waals surface area contributed by atoms with E-state index in [1.807, 2.05) is 0 Å². The number of hydrogen-bond donors (Lipinski definition) is 2. The summed E-state index contributed by atoms with van der Waals surface area (Å²) in [5, 5.41) is 2.78. The van der Waals surface area contributed by atoms with E-state index in [0.29, 0.717) is 18.5 Å². The Balaban J connectivity index is 2.18. The van der Waals surface area contributed by atoms with Gasteiger partial charge in [0.05, 0.1) is 15.3 Å². The topological polar surface area (TPSA) is 89.3 Å². The highest BCUT2D eigenvalue weighted by molar-refractivity contribution is 7.90. The molecule has 21 heavy (non-hydrogen) atoms. The van der Waals surface area contributed by atoms with Crippen LogP contribution < -0.4 is 11.1 Å². The van der Waals surface area contributed by atoms with Gasteiger partial charge < -0.3 is 11.1 Å². The first-order chi connectivity index (χ1) is 9.75. The maximum atomic E-state index is 12.5. The van der Waals surface area contributed by atoms with E-state index >= 15 is 0 Å². The fraction of sp³-hybridized carbons (Fsp3) is 0.429. The van der Waals surface area contributed by atoms with Crippen molar-refractivity contribution in [1.29, 1.82) is 0 Å². The summed E-state index contributed by atoms with van der Waals surface area (Å²) in [6.07, 6.45) is 4.32. The lowest BCUT2D eigenvalue weighted by Crippen LogP contribution is -2.43. The summed E-state index contributed by atoms with van der Waals surface area (Å²) in [6, 6.07) is 6.06. The summed E-state index contributed by atoms with van der Waals surface area (Å²) in [5.41, 5.74) is 5.52. The molecule has 1 aromatic rings. The van der Waals surface area contributed by atoms with Crippen LogP contribution in [0.15, 0.2) is 29.2 Å². The molecular weight excluding hydrogens is 308 g/mol. The molecule has 1 fully saturated rings. The van der Waals surface area contributed by atoms with Gasteiger partial charge in [0.15, 0.2) is 9.84 Å². The third-order valence-electron chi connectivity index (χ3n) is 3.90. The summed E-state index contributed by atoms with van der Waals surface area (Å²) in [4.78, 5) is 12.9. The van der Waals surface area contributed by atoms with Gasteiger partial charge in [-0.15, -0.1) is 0 Å². The highest BCUT2D eigenvalue weighted by Gasteiger charge is 2.43. The van der Waals surface area contributed by atoms with Crippen molar-refractivity contribution in [1.82, 2.24) is 0 Å². The van der Waals surface area contributed by atoms with Gasteiger partial charge >= 0.3 is 0 Å². The Kier molecular flexibility index (Phi) is 4.34. The molecule has 5 nitrogen and oxygen atoms in total. The van der Waals surface area contributed by atoms with Gasteiger partial charge in [-0.1, -0.05) is 25.1 Å². The van der Waals surface area contributed by atoms with Gasteiger partial charge in [-0.05, 0) is 37.1 Å². The highest BCUT2D eigenvalue weighted by Crippen LogP contribution is 2.39. The number of nitrogens with two attached hydrogens (primary N) is 1. The second-order valence-corrected chi connectivity index (χ2v) is 7.86. The highest BCUT2D eigenvalue weighted by atomic mass is 32.2. The van der Waals surface area contributed by atoms with Gasteiger partial charge in [0.25, 0.3) is 0 Å². The molecule has 7 heteroatoms. The third kappa shape index (κ3) is 3.24. The second kappa shape index (κ2) is 5.73. The van der Waals surface area contributed by atoms with E-state index < -0.39 is 15.3 Å².